The number of benzene rings is 2. The first-order valence-corrected chi connectivity index (χ1v) is 22.3. The molecule has 0 aliphatic rings. The first kappa shape index (κ1) is 53.3. The van der Waals surface area contributed by atoms with Crippen molar-refractivity contribution in [3.05, 3.63) is 71.8 Å². The fourth-order valence-electron chi connectivity index (χ4n) is 5.75. The fourth-order valence-corrected chi connectivity index (χ4v) is 6.22. The van der Waals surface area contributed by atoms with Crippen LogP contribution in [0.4, 0.5) is 9.59 Å². The maximum Gasteiger partial charge on any atom is 0.408 e. The Morgan fingerprint density at radius 1 is 0.635 bits per heavy atom. The molecule has 348 valence electrons. The fraction of sp³-hybridized carbons (Fsp3) is 0.545. The molecule has 19 heteroatoms. The van der Waals surface area contributed by atoms with Gasteiger partial charge in [0.05, 0.1) is 0 Å². The zero-order chi connectivity index (χ0) is 47.0. The van der Waals surface area contributed by atoms with Crippen molar-refractivity contribution in [1.82, 2.24) is 31.9 Å². The van der Waals surface area contributed by atoms with Crippen LogP contribution < -0.4 is 37.6 Å². The van der Waals surface area contributed by atoms with Gasteiger partial charge in [0.25, 0.3) is 0 Å². The third kappa shape index (κ3) is 22.2. The lowest BCUT2D eigenvalue weighted by molar-refractivity contribution is -0.149. The first-order valence-electron chi connectivity index (χ1n) is 20.9. The van der Waals surface area contributed by atoms with E-state index in [0.29, 0.717) is 18.6 Å². The Balaban J connectivity index is 2.09. The molecule has 63 heavy (non-hydrogen) atoms. The zero-order valence-corrected chi connectivity index (χ0v) is 38.1. The summed E-state index contributed by atoms with van der Waals surface area (Å²) in [5.41, 5.74) is 6.00. The summed E-state index contributed by atoms with van der Waals surface area (Å²) in [5.74, 6) is -4.28. The van der Waals surface area contributed by atoms with Gasteiger partial charge in [-0.2, -0.15) is 11.8 Å². The van der Waals surface area contributed by atoms with E-state index in [4.69, 9.17) is 19.9 Å². The molecule has 8 N–H and O–H groups in total. The second-order valence-electron chi connectivity index (χ2n) is 16.1. The number of primary amides is 1. The lowest BCUT2D eigenvalue weighted by atomic mass is 10.0. The molecule has 0 aromatic heterocycles. The van der Waals surface area contributed by atoms with Crippen molar-refractivity contribution >= 4 is 59.5 Å². The SMILES string of the molecule is CSCC[C@H](NC(=O)[C@H](CCC(N)=O)NC(=O)OC(C)(C)C)C(=O)N[C@@H](C)C(=O)N[C@H](C(=O)N[C@@H](CCCCNC(=O)OCc1ccccc1)C(=O)OCc1ccccc1)C(C)C. The Morgan fingerprint density at radius 3 is 1.75 bits per heavy atom. The van der Waals surface area contributed by atoms with Crippen molar-refractivity contribution in [2.24, 2.45) is 11.7 Å². The Labute approximate surface area is 374 Å². The number of nitrogens with two attached hydrogens (primary N) is 1. The Kier molecular flexibility index (Phi) is 23.7. The van der Waals surface area contributed by atoms with Crippen LogP contribution in [0.3, 0.4) is 0 Å². The van der Waals surface area contributed by atoms with E-state index in [0.717, 1.165) is 11.1 Å². The Hall–Kier alpha value is -5.85. The van der Waals surface area contributed by atoms with E-state index in [1.165, 1.54) is 18.7 Å². The lowest BCUT2D eigenvalue weighted by Crippen LogP contribution is -2.59. The standard InChI is InChI=1S/C44H65N7O11S/c1-28(2)36(51-37(53)29(3)47-38(54)33(23-25-63-7)48-39(55)32(21-22-35(45)52)50-43(59)62-44(4,5)6)40(56)49-34(41(57)60-26-30-16-10-8-11-17-30)20-14-15-24-46-42(58)61-27-31-18-12-9-13-19-31/h8-13,16-19,28-29,32-34,36H,14-15,20-27H2,1-7H3,(H2,45,52)(H,46,58)(H,47,54)(H,48,55)(H,49,56)(H,50,59)(H,51,53)/t29-,32-,33-,34-,36-/m0/s1. The highest BCUT2D eigenvalue weighted by Gasteiger charge is 2.33. The predicted molar refractivity (Wildman–Crippen MR) is 238 cm³/mol. The highest BCUT2D eigenvalue weighted by Crippen LogP contribution is 2.12. The molecule has 18 nitrogen and oxygen atoms in total. The molecule has 0 radical (unpaired) electrons. The van der Waals surface area contributed by atoms with Gasteiger partial charge in [-0.3, -0.25) is 24.0 Å². The van der Waals surface area contributed by atoms with Crippen LogP contribution in [0.5, 0.6) is 0 Å². The molecule has 0 fully saturated rings. The second-order valence-corrected chi connectivity index (χ2v) is 17.1. The summed E-state index contributed by atoms with van der Waals surface area (Å²) in [6.45, 7) is 10.1. The van der Waals surface area contributed by atoms with E-state index in [2.05, 4.69) is 31.9 Å². The number of rotatable bonds is 26. The number of nitrogens with one attached hydrogen (secondary N) is 6. The second kappa shape index (κ2) is 28.0. The minimum absolute atomic E-state index is 0.0327. The minimum atomic E-state index is -1.27. The van der Waals surface area contributed by atoms with Gasteiger partial charge in [-0.1, -0.05) is 74.5 Å². The van der Waals surface area contributed by atoms with Gasteiger partial charge in [0.1, 0.15) is 49.0 Å². The topological polar surface area (TPSA) is 262 Å². The number of thioether (sulfide) groups is 1. The number of amides is 7. The van der Waals surface area contributed by atoms with Crippen LogP contribution in [0, 0.1) is 5.92 Å². The number of hydrogen-bond donors (Lipinski definition) is 7. The largest absolute Gasteiger partial charge is 0.459 e. The summed E-state index contributed by atoms with van der Waals surface area (Å²) in [7, 11) is 0. The van der Waals surface area contributed by atoms with Crippen molar-refractivity contribution < 1.29 is 52.6 Å². The number of ether oxygens (including phenoxy) is 3. The van der Waals surface area contributed by atoms with Crippen LogP contribution in [0.1, 0.15) is 91.2 Å². The van der Waals surface area contributed by atoms with Gasteiger partial charge in [0.15, 0.2) is 0 Å². The Bertz CT molecular complexity index is 1800. The van der Waals surface area contributed by atoms with Crippen LogP contribution in [0.15, 0.2) is 60.7 Å². The van der Waals surface area contributed by atoms with E-state index in [-0.39, 0.29) is 45.4 Å². The van der Waals surface area contributed by atoms with E-state index in [9.17, 15) is 38.4 Å². The third-order valence-electron chi connectivity index (χ3n) is 9.16. The van der Waals surface area contributed by atoms with Gasteiger partial charge in [0.2, 0.25) is 29.5 Å². The van der Waals surface area contributed by atoms with E-state index in [1.54, 1.807) is 65.1 Å². The average molecular weight is 900 g/mol. The van der Waals surface area contributed by atoms with Crippen molar-refractivity contribution in [2.75, 3.05) is 18.6 Å². The zero-order valence-electron chi connectivity index (χ0n) is 37.3. The van der Waals surface area contributed by atoms with Crippen LogP contribution in [-0.2, 0) is 56.2 Å². The molecule has 2 rings (SSSR count). The highest BCUT2D eigenvalue weighted by molar-refractivity contribution is 7.98. The van der Waals surface area contributed by atoms with Crippen molar-refractivity contribution in [3.63, 3.8) is 0 Å². The average Bonchev–Trinajstić information content (AvgIpc) is 3.23. The number of carbonyl (C=O) groups excluding carboxylic acids is 8. The molecule has 0 aliphatic carbocycles. The maximum atomic E-state index is 13.8. The number of esters is 1. The molecule has 0 heterocycles. The molecular formula is C44H65N7O11S. The number of carbonyl (C=O) groups is 8. The molecule has 0 saturated carbocycles. The summed E-state index contributed by atoms with van der Waals surface area (Å²) in [5, 5.41) is 15.7. The van der Waals surface area contributed by atoms with Gasteiger partial charge in [-0.25, -0.2) is 14.4 Å². The normalized spacial score (nSPS) is 13.5. The quantitative estimate of drug-likeness (QED) is 0.0408. The van der Waals surface area contributed by atoms with Crippen LogP contribution in [-0.4, -0.2) is 102 Å². The van der Waals surface area contributed by atoms with E-state index < -0.39 is 89.4 Å². The maximum absolute atomic E-state index is 13.8. The van der Waals surface area contributed by atoms with Crippen LogP contribution in [0.25, 0.3) is 0 Å². The number of hydrogen-bond acceptors (Lipinski definition) is 12. The molecule has 0 unspecified atom stereocenters. The molecule has 0 spiro atoms. The van der Waals surface area contributed by atoms with Crippen LogP contribution in [0.2, 0.25) is 0 Å². The molecule has 0 saturated heterocycles. The van der Waals surface area contributed by atoms with Crippen molar-refractivity contribution in [2.45, 2.75) is 129 Å². The van der Waals surface area contributed by atoms with E-state index >= 15 is 0 Å². The first-order chi connectivity index (χ1) is 29.8. The summed E-state index contributed by atoms with van der Waals surface area (Å²) >= 11 is 1.41. The molecule has 0 bridgehead atoms. The predicted octanol–water partition coefficient (Wildman–Crippen LogP) is 3.35. The summed E-state index contributed by atoms with van der Waals surface area (Å²) in [6.07, 6.45) is 1.07. The van der Waals surface area contributed by atoms with Crippen LogP contribution >= 0.6 is 11.8 Å². The smallest absolute Gasteiger partial charge is 0.408 e. The molecule has 2 aromatic carbocycles. The monoisotopic (exact) mass is 899 g/mol. The molecule has 2 aromatic rings. The van der Waals surface area contributed by atoms with Gasteiger partial charge in [0, 0.05) is 13.0 Å². The molecular weight excluding hydrogens is 835 g/mol. The summed E-state index contributed by atoms with van der Waals surface area (Å²) in [4.78, 5) is 104. The van der Waals surface area contributed by atoms with Gasteiger partial charge in [-0.05, 0) is 88.9 Å². The summed E-state index contributed by atoms with van der Waals surface area (Å²) in [6, 6.07) is 12.4. The van der Waals surface area contributed by atoms with Gasteiger partial charge in [-0.15, -0.1) is 0 Å². The minimum Gasteiger partial charge on any atom is -0.459 e. The third-order valence-corrected chi connectivity index (χ3v) is 9.80. The van der Waals surface area contributed by atoms with Crippen molar-refractivity contribution in [1.29, 1.82) is 0 Å². The lowest BCUT2D eigenvalue weighted by Gasteiger charge is -2.27. The van der Waals surface area contributed by atoms with Gasteiger partial charge >= 0.3 is 18.2 Å². The molecule has 7 amide bonds. The molecule has 5 atom stereocenters. The molecule has 0 aliphatic heterocycles. The highest BCUT2D eigenvalue weighted by atomic mass is 32.2. The Morgan fingerprint density at radius 2 is 1.19 bits per heavy atom. The number of alkyl carbamates (subject to hydrolysis) is 2. The van der Waals surface area contributed by atoms with E-state index in [1.807, 2.05) is 36.4 Å². The van der Waals surface area contributed by atoms with Gasteiger partial charge < -0.3 is 51.8 Å². The van der Waals surface area contributed by atoms with Crippen molar-refractivity contribution in [3.8, 4) is 0 Å². The number of unbranched alkanes of at least 4 members (excludes halogenated alkanes) is 1. The summed E-state index contributed by atoms with van der Waals surface area (Å²) < 4.78 is 16.1.